The maximum Gasteiger partial charge on any atom is 0.125 e. The Balaban J connectivity index is 1.88. The van der Waals surface area contributed by atoms with Crippen molar-refractivity contribution in [3.05, 3.63) is 11.3 Å². The molecule has 1 fully saturated rings. The van der Waals surface area contributed by atoms with Gasteiger partial charge in [-0.2, -0.15) is 5.10 Å². The summed E-state index contributed by atoms with van der Waals surface area (Å²) in [6.07, 6.45) is 3.83. The molecule has 0 amide bonds. The molecule has 2 aliphatic rings. The molecule has 0 spiro atoms. The van der Waals surface area contributed by atoms with Gasteiger partial charge in [0.1, 0.15) is 5.82 Å². The van der Waals surface area contributed by atoms with Gasteiger partial charge in [-0.15, -0.1) is 0 Å². The number of hydrogen-bond donors (Lipinski definition) is 1. The topological polar surface area (TPSA) is 47.1 Å². The van der Waals surface area contributed by atoms with Crippen molar-refractivity contribution in [2.24, 2.45) is 0 Å². The lowest BCUT2D eigenvalue weighted by molar-refractivity contribution is 0.240. The summed E-state index contributed by atoms with van der Waals surface area (Å²) in [5.41, 5.74) is 8.57. The maximum absolute atomic E-state index is 6.05. The SMILES string of the molecule is CCn1nc2c(c1N)CCN(C1CC1)C2. The van der Waals surface area contributed by atoms with Gasteiger partial charge in [0.2, 0.25) is 0 Å². The van der Waals surface area contributed by atoms with Crippen LogP contribution in [0.1, 0.15) is 31.0 Å². The minimum atomic E-state index is 0.839. The van der Waals surface area contributed by atoms with Crippen molar-refractivity contribution in [1.29, 1.82) is 0 Å². The van der Waals surface area contributed by atoms with E-state index in [0.29, 0.717) is 0 Å². The Hall–Kier alpha value is -1.03. The van der Waals surface area contributed by atoms with Crippen LogP contribution in [0.4, 0.5) is 5.82 Å². The van der Waals surface area contributed by atoms with Gasteiger partial charge in [0.05, 0.1) is 5.69 Å². The van der Waals surface area contributed by atoms with E-state index in [9.17, 15) is 0 Å². The fourth-order valence-corrected chi connectivity index (χ4v) is 2.48. The number of anilines is 1. The van der Waals surface area contributed by atoms with Crippen molar-refractivity contribution < 1.29 is 0 Å². The lowest BCUT2D eigenvalue weighted by Crippen LogP contribution is -2.32. The number of fused-ring (bicyclic) bond motifs is 1. The fraction of sp³-hybridized carbons (Fsp3) is 0.727. The molecule has 1 aromatic rings. The number of rotatable bonds is 2. The van der Waals surface area contributed by atoms with Crippen molar-refractivity contribution in [2.75, 3.05) is 12.3 Å². The molecule has 3 rings (SSSR count). The molecule has 0 bridgehead atoms. The summed E-state index contributed by atoms with van der Waals surface area (Å²) in [6, 6.07) is 0.839. The van der Waals surface area contributed by atoms with Crippen LogP contribution in [0.3, 0.4) is 0 Å². The van der Waals surface area contributed by atoms with Gasteiger partial charge in [-0.3, -0.25) is 4.90 Å². The van der Waals surface area contributed by atoms with Gasteiger partial charge in [0.25, 0.3) is 0 Å². The zero-order chi connectivity index (χ0) is 10.4. The fourth-order valence-electron chi connectivity index (χ4n) is 2.48. The van der Waals surface area contributed by atoms with Gasteiger partial charge >= 0.3 is 0 Å². The van der Waals surface area contributed by atoms with E-state index in [-0.39, 0.29) is 0 Å². The number of nitrogens with zero attached hydrogens (tertiary/aromatic N) is 3. The molecule has 4 nitrogen and oxygen atoms in total. The van der Waals surface area contributed by atoms with Crippen LogP contribution in [0.5, 0.6) is 0 Å². The van der Waals surface area contributed by atoms with Gasteiger partial charge < -0.3 is 5.73 Å². The van der Waals surface area contributed by atoms with Crippen molar-refractivity contribution in [2.45, 2.75) is 45.3 Å². The van der Waals surface area contributed by atoms with E-state index in [1.54, 1.807) is 0 Å². The average Bonchev–Trinajstić information content (AvgIpc) is 3.05. The molecule has 2 N–H and O–H groups in total. The Morgan fingerprint density at radius 1 is 1.47 bits per heavy atom. The Morgan fingerprint density at radius 3 is 2.93 bits per heavy atom. The van der Waals surface area contributed by atoms with Gasteiger partial charge in [-0.05, 0) is 26.2 Å². The standard InChI is InChI=1S/C11H18N4/c1-2-15-11(12)9-5-6-14(8-3-4-8)7-10(9)13-15/h8H,2-7,12H2,1H3. The van der Waals surface area contributed by atoms with Crippen LogP contribution >= 0.6 is 0 Å². The molecule has 0 unspecified atom stereocenters. The lowest BCUT2D eigenvalue weighted by Gasteiger charge is -2.25. The second-order valence-corrected chi connectivity index (χ2v) is 4.58. The summed E-state index contributed by atoms with van der Waals surface area (Å²) in [7, 11) is 0. The second kappa shape index (κ2) is 3.23. The van der Waals surface area contributed by atoms with Crippen LogP contribution in [-0.4, -0.2) is 27.3 Å². The molecule has 0 atom stereocenters. The molecule has 15 heavy (non-hydrogen) atoms. The van der Waals surface area contributed by atoms with Crippen LogP contribution in [0.2, 0.25) is 0 Å². The minimum Gasteiger partial charge on any atom is -0.384 e. The number of aryl methyl sites for hydroxylation is 1. The van der Waals surface area contributed by atoms with Gasteiger partial charge in [-0.1, -0.05) is 0 Å². The Morgan fingerprint density at radius 2 is 2.27 bits per heavy atom. The number of nitrogen functional groups attached to an aromatic ring is 1. The first-order valence-electron chi connectivity index (χ1n) is 5.87. The first kappa shape index (κ1) is 9.21. The minimum absolute atomic E-state index is 0.839. The molecule has 82 valence electrons. The molecule has 4 heteroatoms. The Labute approximate surface area is 90.0 Å². The largest absolute Gasteiger partial charge is 0.384 e. The normalized spacial score (nSPS) is 21.7. The summed E-state index contributed by atoms with van der Waals surface area (Å²) in [4.78, 5) is 2.55. The van der Waals surface area contributed by atoms with Crippen molar-refractivity contribution in [3.63, 3.8) is 0 Å². The van der Waals surface area contributed by atoms with Gasteiger partial charge in [-0.25, -0.2) is 4.68 Å². The van der Waals surface area contributed by atoms with Crippen molar-refractivity contribution in [3.8, 4) is 0 Å². The zero-order valence-electron chi connectivity index (χ0n) is 9.24. The van der Waals surface area contributed by atoms with E-state index in [1.165, 1.54) is 24.1 Å². The third-order valence-corrected chi connectivity index (χ3v) is 3.54. The average molecular weight is 206 g/mol. The van der Waals surface area contributed by atoms with E-state index in [1.807, 2.05) is 4.68 Å². The predicted molar refractivity (Wildman–Crippen MR) is 59.4 cm³/mol. The highest BCUT2D eigenvalue weighted by molar-refractivity contribution is 5.44. The van der Waals surface area contributed by atoms with Crippen LogP contribution in [-0.2, 0) is 19.5 Å². The maximum atomic E-state index is 6.05. The predicted octanol–water partition coefficient (Wildman–Crippen LogP) is 1.01. The van der Waals surface area contributed by atoms with Crippen LogP contribution < -0.4 is 5.73 Å². The number of nitrogens with two attached hydrogens (primary N) is 1. The molecular formula is C11H18N4. The Bertz CT molecular complexity index is 378. The number of hydrogen-bond acceptors (Lipinski definition) is 3. The first-order chi connectivity index (χ1) is 7.29. The summed E-state index contributed by atoms with van der Waals surface area (Å²) in [6.45, 7) is 5.14. The molecule has 0 aromatic carbocycles. The highest BCUT2D eigenvalue weighted by atomic mass is 15.3. The molecule has 1 aliphatic carbocycles. The Kier molecular flexibility index (Phi) is 1.99. The third-order valence-electron chi connectivity index (χ3n) is 3.54. The van der Waals surface area contributed by atoms with Crippen LogP contribution in [0.25, 0.3) is 0 Å². The van der Waals surface area contributed by atoms with Crippen molar-refractivity contribution >= 4 is 5.82 Å². The smallest absolute Gasteiger partial charge is 0.125 e. The summed E-state index contributed by atoms with van der Waals surface area (Å²) in [5.74, 6) is 0.892. The zero-order valence-corrected chi connectivity index (χ0v) is 9.24. The van der Waals surface area contributed by atoms with E-state index in [4.69, 9.17) is 5.73 Å². The molecule has 0 radical (unpaired) electrons. The summed E-state index contributed by atoms with van der Waals surface area (Å²) >= 11 is 0. The highest BCUT2D eigenvalue weighted by Crippen LogP contribution is 2.32. The summed E-state index contributed by atoms with van der Waals surface area (Å²) < 4.78 is 1.93. The quantitative estimate of drug-likeness (QED) is 0.785. The second-order valence-electron chi connectivity index (χ2n) is 4.58. The monoisotopic (exact) mass is 206 g/mol. The summed E-state index contributed by atoms with van der Waals surface area (Å²) in [5, 5.41) is 4.58. The van der Waals surface area contributed by atoms with Gasteiger partial charge in [0.15, 0.2) is 0 Å². The van der Waals surface area contributed by atoms with Gasteiger partial charge in [0, 0.05) is 31.2 Å². The van der Waals surface area contributed by atoms with Crippen LogP contribution in [0.15, 0.2) is 0 Å². The van der Waals surface area contributed by atoms with Crippen molar-refractivity contribution in [1.82, 2.24) is 14.7 Å². The third kappa shape index (κ3) is 1.44. The number of aromatic nitrogens is 2. The molecule has 1 aliphatic heterocycles. The molecule has 1 aromatic heterocycles. The lowest BCUT2D eigenvalue weighted by atomic mass is 10.1. The van der Waals surface area contributed by atoms with E-state index < -0.39 is 0 Å². The van der Waals surface area contributed by atoms with E-state index >= 15 is 0 Å². The first-order valence-corrected chi connectivity index (χ1v) is 5.87. The highest BCUT2D eigenvalue weighted by Gasteiger charge is 2.33. The molecule has 2 heterocycles. The van der Waals surface area contributed by atoms with Crippen LogP contribution in [0, 0.1) is 0 Å². The molecular weight excluding hydrogens is 188 g/mol. The molecule has 1 saturated carbocycles. The van der Waals surface area contributed by atoms with E-state index in [2.05, 4.69) is 16.9 Å². The van der Waals surface area contributed by atoms with E-state index in [0.717, 1.165) is 37.9 Å². The molecule has 0 saturated heterocycles.